The van der Waals surface area contributed by atoms with Gasteiger partial charge in [-0.3, -0.25) is 4.79 Å². The number of nitrogens with two attached hydrogens (primary N) is 1. The largest absolute Gasteiger partial charge is 0.369 e. The number of carbonyl (C=O) groups is 1. The van der Waals surface area contributed by atoms with Crippen molar-refractivity contribution in [3.63, 3.8) is 0 Å². The van der Waals surface area contributed by atoms with Gasteiger partial charge in [-0.05, 0) is 0 Å². The molecule has 0 aromatic carbocycles. The number of alkyl halides is 1. The van der Waals surface area contributed by atoms with E-state index in [0.29, 0.717) is 0 Å². The highest BCUT2D eigenvalue weighted by molar-refractivity contribution is 6.27. The molecule has 0 aliphatic carbocycles. The summed E-state index contributed by atoms with van der Waals surface area (Å²) in [5, 5.41) is 0. The predicted octanol–water partition coefficient (Wildman–Crippen LogP) is -0.290. The van der Waals surface area contributed by atoms with Crippen LogP contribution in [-0.4, -0.2) is 11.7 Å². The Balaban J connectivity index is 3.79. The zero-order valence-corrected chi connectivity index (χ0v) is 3.12. The third-order valence-electron chi connectivity index (χ3n) is 0.0931. The molecule has 0 atom stereocenters. The van der Waals surface area contributed by atoms with E-state index in [1.165, 1.54) is 0 Å². The molecule has 0 fully saturated rings. The van der Waals surface area contributed by atoms with Crippen molar-refractivity contribution in [1.29, 1.82) is 0 Å². The first-order chi connectivity index (χ1) is 2.94. The summed E-state index contributed by atoms with van der Waals surface area (Å²) in [6.07, 6.45) is 0. The molecule has 5 heavy (non-hydrogen) atoms. The molecule has 0 aliphatic rings. The summed E-state index contributed by atoms with van der Waals surface area (Å²) in [6, 6.07) is 0. The van der Waals surface area contributed by atoms with Crippen LogP contribution in [-0.2, 0) is 4.79 Å². The van der Waals surface area contributed by atoms with Crippen molar-refractivity contribution >= 4 is 17.5 Å². The van der Waals surface area contributed by atoms with Gasteiger partial charge in [0.2, 0.25) is 5.91 Å². The van der Waals surface area contributed by atoms with Crippen LogP contribution in [0.5, 0.6) is 0 Å². The average molecular weight is 95.5 g/mol. The Labute approximate surface area is 37.7 Å². The van der Waals surface area contributed by atoms with Gasteiger partial charge in [-0.25, -0.2) is 0 Å². The lowest BCUT2D eigenvalue weighted by Crippen LogP contribution is -2.10. The van der Waals surface area contributed by atoms with E-state index < -0.39 is 11.7 Å². The van der Waals surface area contributed by atoms with E-state index in [1.807, 2.05) is 0 Å². The maximum Gasteiger partial charge on any atom is 0.232 e. The van der Waals surface area contributed by atoms with Gasteiger partial charge in [0.05, 0.1) is 2.74 Å². The number of hydrogen-bond acceptors (Lipinski definition) is 1. The van der Waals surface area contributed by atoms with Crippen LogP contribution in [0.2, 0.25) is 0 Å². The molecule has 0 heterocycles. The van der Waals surface area contributed by atoms with Gasteiger partial charge in [0.25, 0.3) is 0 Å². The first-order valence-electron chi connectivity index (χ1n) is 1.93. The maximum atomic E-state index is 9.74. The summed E-state index contributed by atoms with van der Waals surface area (Å²) < 4.78 is 12.7. The summed E-state index contributed by atoms with van der Waals surface area (Å²) in [7, 11) is 0. The first-order valence-corrected chi connectivity index (χ1v) is 1.31. The molecule has 0 saturated carbocycles. The molecule has 3 heteroatoms. The molecule has 0 aliphatic heterocycles. The second-order valence-electron chi connectivity index (χ2n) is 0.459. The quantitative estimate of drug-likeness (QED) is 0.447. The normalized spacial score (nSPS) is 16.2. The summed E-state index contributed by atoms with van der Waals surface area (Å²) in [4.78, 5) is 9.74. The molecule has 0 saturated heterocycles. The molecular weight excluding hydrogens is 89.5 g/mol. The van der Waals surface area contributed by atoms with Crippen molar-refractivity contribution in [2.45, 2.75) is 0 Å². The van der Waals surface area contributed by atoms with Crippen LogP contribution in [0.3, 0.4) is 0 Å². The number of primary amides is 1. The molecule has 30 valence electrons. The van der Waals surface area contributed by atoms with Gasteiger partial charge in [-0.15, -0.1) is 11.6 Å². The fourth-order valence-corrected chi connectivity index (χ4v) is 0. The molecule has 0 aromatic rings. The highest BCUT2D eigenvalue weighted by Crippen LogP contribution is 1.64. The van der Waals surface area contributed by atoms with Crippen LogP contribution in [0.1, 0.15) is 2.74 Å². The summed E-state index contributed by atoms with van der Waals surface area (Å²) in [5.41, 5.74) is 4.42. The standard InChI is InChI=1S/C2H4ClNO/c3-1-2(4)5/h1H2,(H2,4,5)/i1D2. The van der Waals surface area contributed by atoms with Gasteiger partial charge in [-0.2, -0.15) is 0 Å². The summed E-state index contributed by atoms with van der Waals surface area (Å²) >= 11 is 4.73. The smallest absolute Gasteiger partial charge is 0.232 e. The van der Waals surface area contributed by atoms with E-state index in [0.717, 1.165) is 0 Å². The van der Waals surface area contributed by atoms with Crippen LogP contribution in [0.15, 0.2) is 0 Å². The SMILES string of the molecule is [2H]C([2H])(Cl)C(N)=O. The second kappa shape index (κ2) is 2.03. The van der Waals surface area contributed by atoms with Gasteiger partial charge < -0.3 is 5.73 Å². The number of halogens is 1. The highest BCUT2D eigenvalue weighted by Gasteiger charge is 1.79. The summed E-state index contributed by atoms with van der Waals surface area (Å²) in [5.74, 6) is -3.55. The number of hydrogen-bond donors (Lipinski definition) is 1. The van der Waals surface area contributed by atoms with Gasteiger partial charge in [0.15, 0.2) is 0 Å². The van der Waals surface area contributed by atoms with Gasteiger partial charge in [0, 0.05) is 0 Å². The van der Waals surface area contributed by atoms with Crippen LogP contribution in [0, 0.1) is 0 Å². The average Bonchev–Trinajstić information content (AvgIpc) is 1.31. The molecule has 2 N–H and O–H groups in total. The predicted molar refractivity (Wildman–Crippen MR) is 19.9 cm³/mol. The molecule has 0 spiro atoms. The molecular formula is C2H4ClNO. The van der Waals surface area contributed by atoms with Crippen molar-refractivity contribution in [3.8, 4) is 0 Å². The van der Waals surface area contributed by atoms with Crippen LogP contribution >= 0.6 is 11.6 Å². The second-order valence-corrected chi connectivity index (χ2v) is 0.648. The molecule has 0 bridgehead atoms. The number of amides is 1. The third-order valence-corrected chi connectivity index (χ3v) is 0.279. The van der Waals surface area contributed by atoms with Crippen molar-refractivity contribution in [2.75, 3.05) is 5.83 Å². The van der Waals surface area contributed by atoms with E-state index in [9.17, 15) is 4.79 Å². The molecule has 1 amide bonds. The molecule has 2 nitrogen and oxygen atoms in total. The zero-order valence-electron chi connectivity index (χ0n) is 4.36. The molecule has 0 radical (unpaired) electrons. The maximum absolute atomic E-state index is 9.74. The van der Waals surface area contributed by atoms with Crippen LogP contribution in [0.25, 0.3) is 0 Å². The van der Waals surface area contributed by atoms with E-state index in [-0.39, 0.29) is 0 Å². The fraction of sp³-hybridized carbons (Fsp3) is 0.500. The minimum absolute atomic E-state index is 1.16. The molecule has 0 rings (SSSR count). The minimum atomic E-state index is -2.39. The van der Waals surface area contributed by atoms with E-state index in [4.69, 9.17) is 14.3 Å². The van der Waals surface area contributed by atoms with E-state index >= 15 is 0 Å². The Hall–Kier alpha value is -0.240. The van der Waals surface area contributed by atoms with E-state index in [1.54, 1.807) is 0 Å². The lowest BCUT2D eigenvalue weighted by atomic mass is 10.8. The zero-order chi connectivity index (χ0) is 6.08. The van der Waals surface area contributed by atoms with Crippen molar-refractivity contribution in [1.82, 2.24) is 0 Å². The van der Waals surface area contributed by atoms with E-state index in [2.05, 4.69) is 5.73 Å². The van der Waals surface area contributed by atoms with Gasteiger partial charge in [0.1, 0.15) is 5.83 Å². The topological polar surface area (TPSA) is 43.1 Å². The number of rotatable bonds is 1. The van der Waals surface area contributed by atoms with Gasteiger partial charge >= 0.3 is 0 Å². The third kappa shape index (κ3) is 3.76. The lowest BCUT2D eigenvalue weighted by molar-refractivity contribution is -0.115. The minimum Gasteiger partial charge on any atom is -0.369 e. The van der Waals surface area contributed by atoms with Gasteiger partial charge in [-0.1, -0.05) is 0 Å². The number of carbonyl (C=O) groups excluding carboxylic acids is 1. The Morgan fingerprint density at radius 1 is 2.40 bits per heavy atom. The highest BCUT2D eigenvalue weighted by atomic mass is 35.5. The Morgan fingerprint density at radius 2 is 2.60 bits per heavy atom. The van der Waals surface area contributed by atoms with Crippen molar-refractivity contribution < 1.29 is 7.54 Å². The Morgan fingerprint density at radius 3 is 2.60 bits per heavy atom. The lowest BCUT2D eigenvalue weighted by Gasteiger charge is -1.71. The fourth-order valence-electron chi connectivity index (χ4n) is 0. The monoisotopic (exact) mass is 95.0 g/mol. The molecule has 0 aromatic heterocycles. The van der Waals surface area contributed by atoms with Crippen LogP contribution in [0.4, 0.5) is 0 Å². The Bertz CT molecular complexity index is 88.2. The molecule has 0 unspecified atom stereocenters. The Kier molecular flexibility index (Phi) is 0.822. The van der Waals surface area contributed by atoms with Crippen LogP contribution < -0.4 is 5.73 Å². The van der Waals surface area contributed by atoms with Crippen molar-refractivity contribution in [3.05, 3.63) is 0 Å². The first kappa shape index (κ1) is 2.03. The van der Waals surface area contributed by atoms with Crippen molar-refractivity contribution in [2.24, 2.45) is 5.73 Å². The summed E-state index contributed by atoms with van der Waals surface area (Å²) in [6.45, 7) is 0.